The van der Waals surface area contributed by atoms with Crippen molar-refractivity contribution >= 4 is 17.0 Å². The van der Waals surface area contributed by atoms with Crippen molar-refractivity contribution in [1.82, 2.24) is 9.78 Å². The predicted octanol–water partition coefficient (Wildman–Crippen LogP) is 0.918. The van der Waals surface area contributed by atoms with Gasteiger partial charge in [0.05, 0.1) is 11.9 Å². The molecule has 0 saturated heterocycles. The van der Waals surface area contributed by atoms with Crippen molar-refractivity contribution in [1.29, 1.82) is 0 Å². The summed E-state index contributed by atoms with van der Waals surface area (Å²) < 4.78 is 1.48. The summed E-state index contributed by atoms with van der Waals surface area (Å²) in [5.74, 6) is 0. The van der Waals surface area contributed by atoms with Crippen LogP contribution in [0.15, 0.2) is 34.6 Å². The van der Waals surface area contributed by atoms with Gasteiger partial charge in [-0.2, -0.15) is 5.10 Å². The second kappa shape index (κ2) is 6.32. The summed E-state index contributed by atoms with van der Waals surface area (Å²) in [4.78, 5) is 13.1. The molecule has 0 atom stereocenters. The fourth-order valence-corrected chi connectivity index (χ4v) is 2.28. The molecule has 0 radical (unpaired) electrons. The van der Waals surface area contributed by atoms with Crippen LogP contribution in [0.3, 0.4) is 0 Å². The molecule has 0 aliphatic carbocycles. The molecule has 0 spiro atoms. The second-order valence-corrected chi connectivity index (χ2v) is 4.88. The Hall–Kier alpha value is -1.66. The molecule has 2 aromatic heterocycles. The minimum absolute atomic E-state index is 0.0893. The van der Waals surface area contributed by atoms with Gasteiger partial charge < -0.3 is 11.1 Å². The first-order chi connectivity index (χ1) is 8.79. The normalized spacial score (nSPS) is 10.5. The highest BCUT2D eigenvalue weighted by Crippen LogP contribution is 2.09. The summed E-state index contributed by atoms with van der Waals surface area (Å²) in [6, 6.07) is 5.62. The summed E-state index contributed by atoms with van der Waals surface area (Å²) in [6.45, 7) is 1.78. The zero-order valence-corrected chi connectivity index (χ0v) is 10.8. The molecule has 3 N–H and O–H groups in total. The Kier molecular flexibility index (Phi) is 4.49. The van der Waals surface area contributed by atoms with E-state index < -0.39 is 0 Å². The molecule has 2 rings (SSSR count). The quantitative estimate of drug-likeness (QED) is 0.813. The number of thiophene rings is 1. The standard InChI is InChI=1S/C12H16N4OS/c13-4-5-14-10-8-12(17)16(15-9-10)6-3-11-2-1-7-18-11/h1-2,7-9,14H,3-6,13H2. The molecule has 0 fully saturated rings. The van der Waals surface area contributed by atoms with E-state index in [2.05, 4.69) is 16.5 Å². The summed E-state index contributed by atoms with van der Waals surface area (Å²) >= 11 is 1.69. The lowest BCUT2D eigenvalue weighted by atomic mass is 10.3. The van der Waals surface area contributed by atoms with Gasteiger partial charge in [-0.05, 0) is 11.4 Å². The van der Waals surface area contributed by atoms with Crippen LogP contribution in [0.25, 0.3) is 0 Å². The highest BCUT2D eigenvalue weighted by Gasteiger charge is 2.01. The number of anilines is 1. The van der Waals surface area contributed by atoms with Crippen molar-refractivity contribution < 1.29 is 0 Å². The maximum atomic E-state index is 11.8. The van der Waals surface area contributed by atoms with Crippen molar-refractivity contribution in [3.63, 3.8) is 0 Å². The van der Waals surface area contributed by atoms with Crippen LogP contribution < -0.4 is 16.6 Å². The molecule has 0 aromatic carbocycles. The van der Waals surface area contributed by atoms with E-state index in [1.54, 1.807) is 23.6 Å². The Morgan fingerprint density at radius 3 is 3.06 bits per heavy atom. The van der Waals surface area contributed by atoms with Crippen molar-refractivity contribution in [2.45, 2.75) is 13.0 Å². The summed E-state index contributed by atoms with van der Waals surface area (Å²) in [6.07, 6.45) is 2.49. The molecular weight excluding hydrogens is 248 g/mol. The number of nitrogens with zero attached hydrogens (tertiary/aromatic N) is 2. The molecule has 0 aliphatic rings. The topological polar surface area (TPSA) is 72.9 Å². The Balaban J connectivity index is 1.99. The summed E-state index contributed by atoms with van der Waals surface area (Å²) in [5, 5.41) is 9.20. The number of aryl methyl sites for hydroxylation is 2. The first-order valence-corrected chi connectivity index (χ1v) is 6.71. The smallest absolute Gasteiger partial charge is 0.268 e. The molecule has 5 nitrogen and oxygen atoms in total. The van der Waals surface area contributed by atoms with Gasteiger partial charge in [-0.15, -0.1) is 11.3 Å². The molecule has 2 aromatic rings. The van der Waals surface area contributed by atoms with E-state index in [1.165, 1.54) is 9.56 Å². The van der Waals surface area contributed by atoms with Gasteiger partial charge in [0.25, 0.3) is 5.56 Å². The number of rotatable bonds is 6. The molecule has 6 heteroatoms. The van der Waals surface area contributed by atoms with Crippen LogP contribution in [0.4, 0.5) is 5.69 Å². The van der Waals surface area contributed by atoms with Crippen LogP contribution in [-0.2, 0) is 13.0 Å². The van der Waals surface area contributed by atoms with Crippen LogP contribution in [0.1, 0.15) is 4.88 Å². The van der Waals surface area contributed by atoms with Crippen LogP contribution in [0.2, 0.25) is 0 Å². The second-order valence-electron chi connectivity index (χ2n) is 3.85. The van der Waals surface area contributed by atoms with Gasteiger partial charge in [-0.25, -0.2) is 4.68 Å². The maximum Gasteiger partial charge on any atom is 0.268 e. The van der Waals surface area contributed by atoms with Gasteiger partial charge >= 0.3 is 0 Å². The number of nitrogens with two attached hydrogens (primary N) is 1. The van der Waals surface area contributed by atoms with Crippen LogP contribution >= 0.6 is 11.3 Å². The highest BCUT2D eigenvalue weighted by molar-refractivity contribution is 7.09. The van der Waals surface area contributed by atoms with Crippen molar-refractivity contribution in [2.24, 2.45) is 5.73 Å². The fraction of sp³-hybridized carbons (Fsp3) is 0.333. The van der Waals surface area contributed by atoms with Gasteiger partial charge in [-0.1, -0.05) is 6.07 Å². The first kappa shape index (κ1) is 12.8. The van der Waals surface area contributed by atoms with E-state index in [-0.39, 0.29) is 5.56 Å². The van der Waals surface area contributed by atoms with Gasteiger partial charge in [0.2, 0.25) is 0 Å². The zero-order valence-electron chi connectivity index (χ0n) is 10.0. The largest absolute Gasteiger partial charge is 0.382 e. The fourth-order valence-electron chi connectivity index (χ4n) is 1.59. The number of hydrogen-bond acceptors (Lipinski definition) is 5. The minimum Gasteiger partial charge on any atom is -0.382 e. The molecule has 0 bridgehead atoms. The van der Waals surface area contributed by atoms with E-state index in [9.17, 15) is 4.79 Å². The minimum atomic E-state index is -0.0893. The van der Waals surface area contributed by atoms with Crippen LogP contribution in [-0.4, -0.2) is 22.9 Å². The first-order valence-electron chi connectivity index (χ1n) is 5.83. The van der Waals surface area contributed by atoms with Crippen LogP contribution in [0, 0.1) is 0 Å². The average Bonchev–Trinajstić information content (AvgIpc) is 2.88. The lowest BCUT2D eigenvalue weighted by Gasteiger charge is -2.06. The molecule has 96 valence electrons. The summed E-state index contributed by atoms with van der Waals surface area (Å²) in [7, 11) is 0. The number of nitrogens with one attached hydrogen (secondary N) is 1. The summed E-state index contributed by atoms with van der Waals surface area (Å²) in [5.41, 5.74) is 6.01. The Morgan fingerprint density at radius 2 is 2.39 bits per heavy atom. The highest BCUT2D eigenvalue weighted by atomic mass is 32.1. The third-order valence-corrected chi connectivity index (χ3v) is 3.43. The number of aromatic nitrogens is 2. The lowest BCUT2D eigenvalue weighted by molar-refractivity contribution is 0.581. The lowest BCUT2D eigenvalue weighted by Crippen LogP contribution is -2.24. The van der Waals surface area contributed by atoms with E-state index in [1.807, 2.05) is 11.4 Å². The van der Waals surface area contributed by atoms with E-state index >= 15 is 0 Å². The number of hydrogen-bond donors (Lipinski definition) is 2. The van der Waals surface area contributed by atoms with Crippen molar-refractivity contribution in [3.05, 3.63) is 45.0 Å². The molecule has 0 amide bonds. The molecular formula is C12H16N4OS. The van der Waals surface area contributed by atoms with Crippen LogP contribution in [0.5, 0.6) is 0 Å². The van der Waals surface area contributed by atoms with Gasteiger partial charge in [0, 0.05) is 37.0 Å². The maximum absolute atomic E-state index is 11.8. The molecule has 0 saturated carbocycles. The Morgan fingerprint density at radius 1 is 1.50 bits per heavy atom. The predicted molar refractivity (Wildman–Crippen MR) is 74.1 cm³/mol. The monoisotopic (exact) mass is 264 g/mol. The van der Waals surface area contributed by atoms with Gasteiger partial charge in [-0.3, -0.25) is 4.79 Å². The Bertz CT molecular complexity index is 535. The average molecular weight is 264 g/mol. The third-order valence-electron chi connectivity index (χ3n) is 2.49. The molecule has 0 aliphatic heterocycles. The van der Waals surface area contributed by atoms with E-state index in [4.69, 9.17) is 5.73 Å². The Labute approximate surface area is 109 Å². The van der Waals surface area contributed by atoms with Crippen molar-refractivity contribution in [3.8, 4) is 0 Å². The third kappa shape index (κ3) is 3.41. The van der Waals surface area contributed by atoms with Gasteiger partial charge in [0.1, 0.15) is 0 Å². The molecule has 0 unspecified atom stereocenters. The molecule has 2 heterocycles. The zero-order chi connectivity index (χ0) is 12.8. The molecule has 18 heavy (non-hydrogen) atoms. The SMILES string of the molecule is NCCNc1cnn(CCc2cccs2)c(=O)c1. The van der Waals surface area contributed by atoms with E-state index in [0.717, 1.165) is 12.1 Å². The van der Waals surface area contributed by atoms with E-state index in [0.29, 0.717) is 19.6 Å². The van der Waals surface area contributed by atoms with Crippen molar-refractivity contribution in [2.75, 3.05) is 18.4 Å². The van der Waals surface area contributed by atoms with Gasteiger partial charge in [0.15, 0.2) is 0 Å².